The summed E-state index contributed by atoms with van der Waals surface area (Å²) in [4.78, 5) is 12.1. The van der Waals surface area contributed by atoms with E-state index < -0.39 is 0 Å². The Hall–Kier alpha value is -1.51. The lowest BCUT2D eigenvalue weighted by molar-refractivity contribution is -0.122. The van der Waals surface area contributed by atoms with Gasteiger partial charge in [0, 0.05) is 12.5 Å². The molecule has 2 bridgehead atoms. The van der Waals surface area contributed by atoms with Crippen LogP contribution in [0.2, 0.25) is 0 Å². The van der Waals surface area contributed by atoms with Crippen molar-refractivity contribution in [2.45, 2.75) is 51.5 Å². The van der Waals surface area contributed by atoms with Gasteiger partial charge in [0.2, 0.25) is 5.91 Å². The van der Waals surface area contributed by atoms with Crippen LogP contribution in [0, 0.1) is 18.8 Å². The molecule has 2 aliphatic rings. The Morgan fingerprint density at radius 3 is 2.81 bits per heavy atom. The predicted molar refractivity (Wildman–Crippen MR) is 83.4 cm³/mol. The molecule has 0 aliphatic heterocycles. The van der Waals surface area contributed by atoms with E-state index in [1.807, 2.05) is 13.0 Å². The number of aryl methyl sites for hydroxylation is 2. The molecule has 21 heavy (non-hydrogen) atoms. The van der Waals surface area contributed by atoms with E-state index in [9.17, 15) is 4.79 Å². The molecule has 3 atom stereocenters. The summed E-state index contributed by atoms with van der Waals surface area (Å²) >= 11 is 0. The minimum atomic E-state index is 0.209. The van der Waals surface area contributed by atoms with Gasteiger partial charge in [0.25, 0.3) is 0 Å². The largest absolute Gasteiger partial charge is 0.496 e. The number of benzene rings is 1. The maximum Gasteiger partial charge on any atom is 0.220 e. The first-order chi connectivity index (χ1) is 10.2. The van der Waals surface area contributed by atoms with Crippen LogP contribution in [-0.2, 0) is 11.2 Å². The molecule has 2 fully saturated rings. The Bertz CT molecular complexity index is 526. The number of amides is 1. The molecule has 0 heterocycles. The molecule has 1 N–H and O–H groups in total. The number of nitrogens with one attached hydrogen (secondary N) is 1. The highest BCUT2D eigenvalue weighted by molar-refractivity contribution is 5.76. The van der Waals surface area contributed by atoms with Crippen LogP contribution in [0.15, 0.2) is 18.2 Å². The average Bonchev–Trinajstić information content (AvgIpc) is 3.08. The summed E-state index contributed by atoms with van der Waals surface area (Å²) in [7, 11) is 1.69. The Morgan fingerprint density at radius 2 is 2.19 bits per heavy atom. The smallest absolute Gasteiger partial charge is 0.220 e. The van der Waals surface area contributed by atoms with Gasteiger partial charge in [-0.3, -0.25) is 4.79 Å². The first kappa shape index (κ1) is 14.4. The van der Waals surface area contributed by atoms with Crippen LogP contribution >= 0.6 is 0 Å². The molecule has 0 radical (unpaired) electrons. The molecular weight excluding hydrogens is 262 g/mol. The van der Waals surface area contributed by atoms with Crippen LogP contribution in [0.25, 0.3) is 0 Å². The summed E-state index contributed by atoms with van der Waals surface area (Å²) in [5.41, 5.74) is 2.33. The maximum absolute atomic E-state index is 12.1. The molecule has 1 aromatic rings. The van der Waals surface area contributed by atoms with E-state index in [2.05, 4.69) is 17.4 Å². The molecule has 0 unspecified atom stereocenters. The van der Waals surface area contributed by atoms with Gasteiger partial charge in [-0.1, -0.05) is 18.6 Å². The molecular formula is C18H25NO2. The summed E-state index contributed by atoms with van der Waals surface area (Å²) in [5.74, 6) is 2.75. The topological polar surface area (TPSA) is 38.3 Å². The van der Waals surface area contributed by atoms with Gasteiger partial charge in [-0.25, -0.2) is 0 Å². The zero-order chi connectivity index (χ0) is 14.8. The lowest BCUT2D eigenvalue weighted by atomic mass is 9.95. The van der Waals surface area contributed by atoms with Crippen molar-refractivity contribution < 1.29 is 9.53 Å². The average molecular weight is 287 g/mol. The van der Waals surface area contributed by atoms with Crippen LogP contribution < -0.4 is 10.1 Å². The maximum atomic E-state index is 12.1. The van der Waals surface area contributed by atoms with Crippen molar-refractivity contribution in [3.63, 3.8) is 0 Å². The number of carbonyl (C=O) groups is 1. The van der Waals surface area contributed by atoms with Crippen molar-refractivity contribution in [3.8, 4) is 5.75 Å². The number of ether oxygens (including phenoxy) is 1. The van der Waals surface area contributed by atoms with E-state index in [0.29, 0.717) is 12.5 Å². The van der Waals surface area contributed by atoms with Crippen molar-refractivity contribution in [2.24, 2.45) is 11.8 Å². The Balaban J connectivity index is 1.48. The summed E-state index contributed by atoms with van der Waals surface area (Å²) in [6, 6.07) is 6.60. The first-order valence-electron chi connectivity index (χ1n) is 8.08. The van der Waals surface area contributed by atoms with Crippen LogP contribution in [0.4, 0.5) is 0 Å². The number of methoxy groups -OCH3 is 1. The summed E-state index contributed by atoms with van der Waals surface area (Å²) in [6.07, 6.45) is 6.62. The second-order valence-corrected chi connectivity index (χ2v) is 6.65. The number of carbonyl (C=O) groups excluding carboxylic acids is 1. The second kappa shape index (κ2) is 6.08. The predicted octanol–water partition coefficient (Wildman–Crippen LogP) is 3.24. The molecule has 114 valence electrons. The minimum Gasteiger partial charge on any atom is -0.496 e. The van der Waals surface area contributed by atoms with Crippen LogP contribution in [0.5, 0.6) is 5.75 Å². The third-order valence-electron chi connectivity index (χ3n) is 5.18. The fourth-order valence-electron chi connectivity index (χ4n) is 4.05. The van der Waals surface area contributed by atoms with Gasteiger partial charge < -0.3 is 10.1 Å². The van der Waals surface area contributed by atoms with Crippen molar-refractivity contribution >= 4 is 5.91 Å². The number of hydrogen-bond acceptors (Lipinski definition) is 2. The van der Waals surface area contributed by atoms with E-state index in [0.717, 1.165) is 29.6 Å². The van der Waals surface area contributed by atoms with Crippen LogP contribution in [0.3, 0.4) is 0 Å². The van der Waals surface area contributed by atoms with Gasteiger partial charge in [-0.05, 0) is 61.6 Å². The van der Waals surface area contributed by atoms with Gasteiger partial charge >= 0.3 is 0 Å². The Morgan fingerprint density at radius 1 is 1.33 bits per heavy atom. The quantitative estimate of drug-likeness (QED) is 0.903. The summed E-state index contributed by atoms with van der Waals surface area (Å²) < 4.78 is 5.26. The molecule has 3 nitrogen and oxygen atoms in total. The van der Waals surface area contributed by atoms with E-state index in [4.69, 9.17) is 4.74 Å². The zero-order valence-corrected chi connectivity index (χ0v) is 13.0. The molecule has 0 aromatic heterocycles. The Labute approximate surface area is 127 Å². The molecule has 2 aliphatic carbocycles. The Kier molecular flexibility index (Phi) is 4.18. The third kappa shape index (κ3) is 3.22. The SMILES string of the molecule is COc1ccc(CCC(=O)N[C@@H]2C[C@H]3CC[C@H]2C3)cc1C. The third-order valence-corrected chi connectivity index (χ3v) is 5.18. The van der Waals surface area contributed by atoms with Crippen molar-refractivity contribution in [3.05, 3.63) is 29.3 Å². The molecule has 0 saturated heterocycles. The normalized spacial score (nSPS) is 26.9. The van der Waals surface area contributed by atoms with Crippen LogP contribution in [0.1, 0.15) is 43.2 Å². The fourth-order valence-corrected chi connectivity index (χ4v) is 4.05. The molecule has 3 rings (SSSR count). The summed E-state index contributed by atoms with van der Waals surface area (Å²) in [5, 5.41) is 3.25. The van der Waals surface area contributed by atoms with Crippen molar-refractivity contribution in [2.75, 3.05) is 7.11 Å². The molecule has 3 heteroatoms. The molecule has 1 aromatic carbocycles. The van der Waals surface area contributed by atoms with Crippen molar-refractivity contribution in [1.82, 2.24) is 5.32 Å². The van der Waals surface area contributed by atoms with E-state index in [-0.39, 0.29) is 5.91 Å². The van der Waals surface area contributed by atoms with Crippen LogP contribution in [-0.4, -0.2) is 19.1 Å². The zero-order valence-electron chi connectivity index (χ0n) is 13.0. The van der Waals surface area contributed by atoms with E-state index in [1.54, 1.807) is 7.11 Å². The minimum absolute atomic E-state index is 0.209. The van der Waals surface area contributed by atoms with Gasteiger partial charge in [-0.15, -0.1) is 0 Å². The number of hydrogen-bond donors (Lipinski definition) is 1. The van der Waals surface area contributed by atoms with E-state index in [1.165, 1.54) is 31.2 Å². The lowest BCUT2D eigenvalue weighted by Gasteiger charge is -2.22. The van der Waals surface area contributed by atoms with Gasteiger partial charge in [-0.2, -0.15) is 0 Å². The van der Waals surface area contributed by atoms with E-state index >= 15 is 0 Å². The first-order valence-corrected chi connectivity index (χ1v) is 8.08. The second-order valence-electron chi connectivity index (χ2n) is 6.65. The van der Waals surface area contributed by atoms with Gasteiger partial charge in [0.1, 0.15) is 5.75 Å². The highest BCUT2D eigenvalue weighted by Gasteiger charge is 2.39. The molecule has 2 saturated carbocycles. The number of rotatable bonds is 5. The molecule has 0 spiro atoms. The highest BCUT2D eigenvalue weighted by Crippen LogP contribution is 2.44. The number of fused-ring (bicyclic) bond motifs is 2. The van der Waals surface area contributed by atoms with Gasteiger partial charge in [0.05, 0.1) is 7.11 Å². The molecule has 1 amide bonds. The fraction of sp³-hybridized carbons (Fsp3) is 0.611. The van der Waals surface area contributed by atoms with Gasteiger partial charge in [0.15, 0.2) is 0 Å². The lowest BCUT2D eigenvalue weighted by Crippen LogP contribution is -2.38. The monoisotopic (exact) mass is 287 g/mol. The summed E-state index contributed by atoms with van der Waals surface area (Å²) in [6.45, 7) is 2.04. The van der Waals surface area contributed by atoms with Crippen molar-refractivity contribution in [1.29, 1.82) is 0 Å². The standard InChI is InChI=1S/C18H25NO2/c1-12-9-13(4-7-17(12)21-2)5-8-18(20)19-16-11-14-3-6-15(16)10-14/h4,7,9,14-16H,3,5-6,8,10-11H2,1-2H3,(H,19,20)/t14-,15-,16+/m0/s1. The highest BCUT2D eigenvalue weighted by atomic mass is 16.5.